The van der Waals surface area contributed by atoms with Crippen LogP contribution in [0.1, 0.15) is 5.76 Å². The molecule has 0 spiro atoms. The molecule has 29 heavy (non-hydrogen) atoms. The van der Waals surface area contributed by atoms with Crippen LogP contribution in [0.5, 0.6) is 5.75 Å². The van der Waals surface area contributed by atoms with Crippen LogP contribution < -0.4 is 10.2 Å². The highest BCUT2D eigenvalue weighted by molar-refractivity contribution is 6.01. The lowest BCUT2D eigenvalue weighted by Crippen LogP contribution is -2.59. The molecule has 3 aromatic rings. The minimum absolute atomic E-state index is 0.132. The predicted octanol–water partition coefficient (Wildman–Crippen LogP) is -0.136. The van der Waals surface area contributed by atoms with Gasteiger partial charge in [0.2, 0.25) is 0 Å². The number of benzene rings is 1. The molecule has 10 nitrogen and oxygen atoms in total. The van der Waals surface area contributed by atoms with Crippen LogP contribution in [0, 0.1) is 0 Å². The average molecular weight is 408 g/mol. The van der Waals surface area contributed by atoms with Gasteiger partial charge in [-0.25, -0.2) is 0 Å². The third-order valence-corrected chi connectivity index (χ3v) is 4.90. The van der Waals surface area contributed by atoms with Crippen molar-refractivity contribution in [2.24, 2.45) is 0 Å². The molecule has 3 heterocycles. The number of furan rings is 1. The summed E-state index contributed by atoms with van der Waals surface area (Å²) >= 11 is 0. The molecule has 1 aliphatic heterocycles. The van der Waals surface area contributed by atoms with E-state index in [0.717, 1.165) is 0 Å². The van der Waals surface area contributed by atoms with Gasteiger partial charge in [-0.1, -0.05) is 0 Å². The Kier molecular flexibility index (Phi) is 5.30. The fourth-order valence-corrected chi connectivity index (χ4v) is 3.41. The zero-order valence-electron chi connectivity index (χ0n) is 15.3. The lowest BCUT2D eigenvalue weighted by Gasteiger charge is -2.39. The average Bonchev–Trinajstić information content (AvgIpc) is 3.18. The van der Waals surface area contributed by atoms with E-state index >= 15 is 0 Å². The van der Waals surface area contributed by atoms with Gasteiger partial charge in [-0.05, 0) is 6.07 Å². The number of fused-ring (bicyclic) bond motifs is 2. The van der Waals surface area contributed by atoms with Crippen LogP contribution in [-0.4, -0.2) is 64.8 Å². The van der Waals surface area contributed by atoms with E-state index in [9.17, 15) is 25.2 Å². The Morgan fingerprint density at radius 3 is 2.62 bits per heavy atom. The van der Waals surface area contributed by atoms with Crippen molar-refractivity contribution < 1.29 is 43.5 Å². The van der Waals surface area contributed by atoms with Crippen molar-refractivity contribution in [1.82, 2.24) is 0 Å². The first kappa shape index (κ1) is 19.8. The van der Waals surface area contributed by atoms with E-state index in [1.807, 2.05) is 0 Å². The first-order valence-corrected chi connectivity index (χ1v) is 8.87. The highest BCUT2D eigenvalue weighted by atomic mass is 16.7. The molecule has 1 fully saturated rings. The molecule has 10 heteroatoms. The zero-order chi connectivity index (χ0) is 20.7. The van der Waals surface area contributed by atoms with Gasteiger partial charge in [0.25, 0.3) is 0 Å². The summed E-state index contributed by atoms with van der Waals surface area (Å²) in [5, 5.41) is 39.8. The van der Waals surface area contributed by atoms with Crippen LogP contribution in [0.15, 0.2) is 38.1 Å². The second kappa shape index (κ2) is 7.75. The molecule has 156 valence electrons. The molecular weight excluding hydrogens is 388 g/mol. The highest BCUT2D eigenvalue weighted by Gasteiger charge is 2.44. The maximum atomic E-state index is 12.6. The third kappa shape index (κ3) is 3.39. The quantitative estimate of drug-likeness (QED) is 0.449. The lowest BCUT2D eigenvalue weighted by atomic mass is 9.99. The molecule has 1 aliphatic rings. The standard InChI is InChI=1S/C19H20O10/c1-25-18-9-2-3-26-11(9)5-12-14(18)10(21)4-8(28-12)7-27-19-17(24)16(23)15(22)13(6-20)29-19/h2-5,13,15-17,19-20,22-24H,6-7H2,1H3/t13-,15+,16+,17+,19-/m0/s1. The Bertz CT molecular complexity index is 1070. The fraction of sp³-hybridized carbons (Fsp3) is 0.421. The zero-order valence-corrected chi connectivity index (χ0v) is 15.3. The van der Waals surface area contributed by atoms with E-state index in [1.54, 1.807) is 12.1 Å². The Labute approximate surface area is 163 Å². The minimum atomic E-state index is -1.56. The molecule has 1 aromatic carbocycles. The summed E-state index contributed by atoms with van der Waals surface area (Å²) in [7, 11) is 1.44. The van der Waals surface area contributed by atoms with Gasteiger partial charge in [0.15, 0.2) is 11.7 Å². The maximum Gasteiger partial charge on any atom is 0.196 e. The molecule has 0 amide bonds. The third-order valence-electron chi connectivity index (χ3n) is 4.90. The van der Waals surface area contributed by atoms with Gasteiger partial charge in [0.05, 0.1) is 25.4 Å². The Morgan fingerprint density at radius 1 is 1.10 bits per heavy atom. The molecule has 0 unspecified atom stereocenters. The van der Waals surface area contributed by atoms with E-state index in [-0.39, 0.29) is 28.8 Å². The second-order valence-corrected chi connectivity index (χ2v) is 6.70. The summed E-state index contributed by atoms with van der Waals surface area (Å²) in [6.45, 7) is -0.846. The molecule has 0 bridgehead atoms. The summed E-state index contributed by atoms with van der Waals surface area (Å²) in [4.78, 5) is 12.6. The van der Waals surface area contributed by atoms with E-state index < -0.39 is 37.3 Å². The van der Waals surface area contributed by atoms with Crippen molar-refractivity contribution in [2.75, 3.05) is 13.7 Å². The van der Waals surface area contributed by atoms with Gasteiger partial charge >= 0.3 is 0 Å². The number of aliphatic hydroxyl groups excluding tert-OH is 4. The first-order chi connectivity index (χ1) is 13.9. The van der Waals surface area contributed by atoms with Gasteiger partial charge in [-0.3, -0.25) is 4.79 Å². The Morgan fingerprint density at radius 2 is 1.90 bits per heavy atom. The minimum Gasteiger partial charge on any atom is -0.495 e. The molecule has 5 atom stereocenters. The molecule has 1 saturated heterocycles. The summed E-state index contributed by atoms with van der Waals surface area (Å²) in [5.74, 6) is 0.467. The number of rotatable bonds is 5. The second-order valence-electron chi connectivity index (χ2n) is 6.70. The van der Waals surface area contributed by atoms with Crippen LogP contribution in [-0.2, 0) is 16.1 Å². The Hall–Kier alpha value is -2.47. The van der Waals surface area contributed by atoms with Crippen LogP contribution in [0.4, 0.5) is 0 Å². The van der Waals surface area contributed by atoms with Crippen molar-refractivity contribution in [3.05, 3.63) is 40.4 Å². The monoisotopic (exact) mass is 408 g/mol. The van der Waals surface area contributed by atoms with Crippen molar-refractivity contribution in [3.8, 4) is 5.75 Å². The summed E-state index contributed by atoms with van der Waals surface area (Å²) < 4.78 is 27.1. The van der Waals surface area contributed by atoms with Crippen LogP contribution >= 0.6 is 0 Å². The molecule has 4 N–H and O–H groups in total. The SMILES string of the molecule is COc1c2ccoc2cc2oc(CO[C@H]3O[C@@H](CO)[C@@H](O)[C@@H](O)[C@H]3O)cc(=O)c12. The maximum absolute atomic E-state index is 12.6. The first-order valence-electron chi connectivity index (χ1n) is 8.87. The normalized spacial score (nSPS) is 27.6. The van der Waals surface area contributed by atoms with Crippen LogP contribution in [0.25, 0.3) is 21.9 Å². The van der Waals surface area contributed by atoms with Gasteiger partial charge < -0.3 is 43.5 Å². The van der Waals surface area contributed by atoms with Gasteiger partial charge in [0, 0.05) is 12.1 Å². The lowest BCUT2D eigenvalue weighted by molar-refractivity contribution is -0.304. The predicted molar refractivity (Wildman–Crippen MR) is 97.4 cm³/mol. The molecule has 2 aromatic heterocycles. The number of hydrogen-bond donors (Lipinski definition) is 4. The molecule has 0 saturated carbocycles. The van der Waals surface area contributed by atoms with Crippen molar-refractivity contribution in [1.29, 1.82) is 0 Å². The van der Waals surface area contributed by atoms with Crippen molar-refractivity contribution in [2.45, 2.75) is 37.3 Å². The van der Waals surface area contributed by atoms with E-state index in [0.29, 0.717) is 16.7 Å². The topological polar surface area (TPSA) is 152 Å². The summed E-state index contributed by atoms with van der Waals surface area (Å²) in [6.07, 6.45) is -5.57. The van der Waals surface area contributed by atoms with Gasteiger partial charge in [-0.15, -0.1) is 0 Å². The van der Waals surface area contributed by atoms with Crippen LogP contribution in [0.3, 0.4) is 0 Å². The summed E-state index contributed by atoms with van der Waals surface area (Å²) in [5.41, 5.74) is 0.340. The number of ether oxygens (including phenoxy) is 3. The van der Waals surface area contributed by atoms with Crippen molar-refractivity contribution in [3.63, 3.8) is 0 Å². The molecular formula is C19H20O10. The number of methoxy groups -OCH3 is 1. The van der Waals surface area contributed by atoms with Gasteiger partial charge in [-0.2, -0.15) is 0 Å². The van der Waals surface area contributed by atoms with E-state index in [2.05, 4.69) is 0 Å². The highest BCUT2D eigenvalue weighted by Crippen LogP contribution is 2.34. The van der Waals surface area contributed by atoms with Gasteiger partial charge in [0.1, 0.15) is 59.1 Å². The largest absolute Gasteiger partial charge is 0.495 e. The van der Waals surface area contributed by atoms with E-state index in [4.69, 9.17) is 23.0 Å². The summed E-state index contributed by atoms with van der Waals surface area (Å²) in [6, 6.07) is 4.47. The number of aliphatic hydroxyl groups is 4. The smallest absolute Gasteiger partial charge is 0.196 e. The molecule has 0 radical (unpaired) electrons. The Balaban J connectivity index is 1.62. The molecule has 4 rings (SSSR count). The van der Waals surface area contributed by atoms with Crippen molar-refractivity contribution >= 4 is 21.9 Å². The van der Waals surface area contributed by atoms with E-state index in [1.165, 1.54) is 19.4 Å². The van der Waals surface area contributed by atoms with Crippen LogP contribution in [0.2, 0.25) is 0 Å². The fourth-order valence-electron chi connectivity index (χ4n) is 3.41. The molecule has 0 aliphatic carbocycles. The number of hydrogen-bond acceptors (Lipinski definition) is 10.